The quantitative estimate of drug-likeness (QED) is 0.774. The molecule has 1 aliphatic heterocycles. The number of halogens is 2. The second-order valence-corrected chi connectivity index (χ2v) is 7.49. The SMILES string of the molecule is S=C(SCc1nc2cc(Cl)c(Cl)cc2[nH]1)N1CCCCC1. The molecular weight excluding hydrogens is 345 g/mol. The number of thioether (sulfide) groups is 1. The van der Waals surface area contributed by atoms with E-state index in [4.69, 9.17) is 35.4 Å². The molecule has 1 N–H and O–H groups in total. The Morgan fingerprint density at radius 2 is 1.95 bits per heavy atom. The largest absolute Gasteiger partial charge is 0.358 e. The van der Waals surface area contributed by atoms with Crippen molar-refractivity contribution in [2.45, 2.75) is 25.0 Å². The van der Waals surface area contributed by atoms with E-state index >= 15 is 0 Å². The lowest BCUT2D eigenvalue weighted by molar-refractivity contribution is 0.352. The number of piperidine rings is 1. The Kier molecular flexibility index (Phi) is 4.94. The molecule has 2 heterocycles. The van der Waals surface area contributed by atoms with Crippen LogP contribution in [0.4, 0.5) is 0 Å². The van der Waals surface area contributed by atoms with E-state index in [0.29, 0.717) is 10.0 Å². The molecule has 0 saturated carbocycles. The second kappa shape index (κ2) is 6.73. The summed E-state index contributed by atoms with van der Waals surface area (Å²) >= 11 is 19.2. The third kappa shape index (κ3) is 3.65. The van der Waals surface area contributed by atoms with Crippen molar-refractivity contribution in [1.82, 2.24) is 14.9 Å². The predicted molar refractivity (Wildman–Crippen MR) is 95.4 cm³/mol. The molecule has 21 heavy (non-hydrogen) atoms. The summed E-state index contributed by atoms with van der Waals surface area (Å²) in [5.74, 6) is 1.63. The molecule has 1 aromatic heterocycles. The zero-order chi connectivity index (χ0) is 14.8. The van der Waals surface area contributed by atoms with E-state index in [1.807, 2.05) is 6.07 Å². The average Bonchev–Trinajstić information content (AvgIpc) is 2.88. The van der Waals surface area contributed by atoms with Crippen molar-refractivity contribution in [3.63, 3.8) is 0 Å². The zero-order valence-corrected chi connectivity index (χ0v) is 14.5. The standard InChI is InChI=1S/C14H15Cl2N3S2/c15-9-6-11-12(7-10(9)16)18-13(17-11)8-21-14(20)19-4-2-1-3-5-19/h6-7H,1-5,8H2,(H,17,18). The maximum Gasteiger partial charge on any atom is 0.136 e. The summed E-state index contributed by atoms with van der Waals surface area (Å²) in [4.78, 5) is 10.1. The molecule has 0 amide bonds. The van der Waals surface area contributed by atoms with E-state index < -0.39 is 0 Å². The number of nitrogens with zero attached hydrogens (tertiary/aromatic N) is 2. The highest BCUT2D eigenvalue weighted by Gasteiger charge is 2.14. The monoisotopic (exact) mass is 359 g/mol. The van der Waals surface area contributed by atoms with Gasteiger partial charge in [0.15, 0.2) is 0 Å². The van der Waals surface area contributed by atoms with Gasteiger partial charge in [-0.15, -0.1) is 0 Å². The number of thiocarbonyl (C=S) groups is 1. The highest BCUT2D eigenvalue weighted by Crippen LogP contribution is 2.27. The fourth-order valence-electron chi connectivity index (χ4n) is 2.42. The van der Waals surface area contributed by atoms with Crippen LogP contribution in [0.25, 0.3) is 11.0 Å². The first-order chi connectivity index (χ1) is 10.1. The lowest BCUT2D eigenvalue weighted by Crippen LogP contribution is -2.32. The molecule has 1 aliphatic rings. The number of aromatic amines is 1. The summed E-state index contributed by atoms with van der Waals surface area (Å²) in [7, 11) is 0. The fraction of sp³-hybridized carbons (Fsp3) is 0.429. The highest BCUT2D eigenvalue weighted by atomic mass is 35.5. The van der Waals surface area contributed by atoms with E-state index in [9.17, 15) is 0 Å². The van der Waals surface area contributed by atoms with Gasteiger partial charge >= 0.3 is 0 Å². The van der Waals surface area contributed by atoms with Crippen molar-refractivity contribution in [2.24, 2.45) is 0 Å². The molecule has 112 valence electrons. The molecule has 0 radical (unpaired) electrons. The molecule has 0 unspecified atom stereocenters. The van der Waals surface area contributed by atoms with Gasteiger partial charge < -0.3 is 9.88 Å². The van der Waals surface area contributed by atoms with Gasteiger partial charge in [0.2, 0.25) is 0 Å². The number of benzene rings is 1. The van der Waals surface area contributed by atoms with Crippen LogP contribution >= 0.6 is 47.2 Å². The molecule has 3 nitrogen and oxygen atoms in total. The molecule has 7 heteroatoms. The summed E-state index contributed by atoms with van der Waals surface area (Å²) in [6.07, 6.45) is 3.79. The fourth-order valence-corrected chi connectivity index (χ4v) is 3.87. The van der Waals surface area contributed by atoms with E-state index in [0.717, 1.165) is 40.0 Å². The van der Waals surface area contributed by atoms with Crippen molar-refractivity contribution in [2.75, 3.05) is 13.1 Å². The number of fused-ring (bicyclic) bond motifs is 1. The number of rotatable bonds is 2. The van der Waals surface area contributed by atoms with Crippen LogP contribution in [-0.2, 0) is 5.75 Å². The van der Waals surface area contributed by atoms with Crippen LogP contribution in [0.3, 0.4) is 0 Å². The molecule has 0 spiro atoms. The Hall–Kier alpha value is -0.490. The van der Waals surface area contributed by atoms with Gasteiger partial charge in [-0.1, -0.05) is 47.2 Å². The second-order valence-electron chi connectivity index (χ2n) is 5.07. The Bertz CT molecular complexity index is 627. The molecule has 1 aromatic carbocycles. The first-order valence-electron chi connectivity index (χ1n) is 6.89. The molecule has 0 aliphatic carbocycles. The van der Waals surface area contributed by atoms with Crippen molar-refractivity contribution in [1.29, 1.82) is 0 Å². The van der Waals surface area contributed by atoms with Crippen LogP contribution in [0.15, 0.2) is 12.1 Å². The first-order valence-corrected chi connectivity index (χ1v) is 9.04. The lowest BCUT2D eigenvalue weighted by atomic mass is 10.1. The van der Waals surface area contributed by atoms with Gasteiger partial charge in [-0.3, -0.25) is 0 Å². The summed E-state index contributed by atoms with van der Waals surface area (Å²) < 4.78 is 0.964. The van der Waals surface area contributed by atoms with Gasteiger partial charge in [-0.2, -0.15) is 0 Å². The zero-order valence-electron chi connectivity index (χ0n) is 11.4. The van der Waals surface area contributed by atoms with Crippen LogP contribution in [-0.4, -0.2) is 32.3 Å². The number of likely N-dealkylation sites (tertiary alicyclic amines) is 1. The normalized spacial score (nSPS) is 15.6. The van der Waals surface area contributed by atoms with Crippen LogP contribution < -0.4 is 0 Å². The first kappa shape index (κ1) is 15.4. The molecule has 3 rings (SSSR count). The van der Waals surface area contributed by atoms with E-state index in [1.165, 1.54) is 19.3 Å². The maximum atomic E-state index is 6.01. The maximum absolute atomic E-state index is 6.01. The van der Waals surface area contributed by atoms with Crippen molar-refractivity contribution < 1.29 is 0 Å². The predicted octanol–water partition coefficient (Wildman–Crippen LogP) is 4.87. The minimum absolute atomic E-state index is 0.527. The molecule has 0 bridgehead atoms. The molecule has 1 saturated heterocycles. The lowest BCUT2D eigenvalue weighted by Gasteiger charge is -2.28. The topological polar surface area (TPSA) is 31.9 Å². The highest BCUT2D eigenvalue weighted by molar-refractivity contribution is 8.22. The number of aromatic nitrogens is 2. The van der Waals surface area contributed by atoms with E-state index in [-0.39, 0.29) is 0 Å². The van der Waals surface area contributed by atoms with Crippen molar-refractivity contribution in [3.05, 3.63) is 28.0 Å². The van der Waals surface area contributed by atoms with Gasteiger partial charge in [0.05, 0.1) is 26.8 Å². The average molecular weight is 360 g/mol. The summed E-state index contributed by atoms with van der Waals surface area (Å²) in [6, 6.07) is 3.59. The Labute approximate surface area is 143 Å². The van der Waals surface area contributed by atoms with Crippen LogP contribution in [0.1, 0.15) is 25.1 Å². The van der Waals surface area contributed by atoms with Crippen LogP contribution in [0, 0.1) is 0 Å². The summed E-state index contributed by atoms with van der Waals surface area (Å²) in [5.41, 5.74) is 1.74. The van der Waals surface area contributed by atoms with Gasteiger partial charge in [-0.25, -0.2) is 4.98 Å². The third-order valence-corrected chi connectivity index (χ3v) is 5.78. The summed E-state index contributed by atoms with van der Waals surface area (Å²) in [6.45, 7) is 2.16. The number of nitrogens with one attached hydrogen (secondary N) is 1. The van der Waals surface area contributed by atoms with Crippen LogP contribution in [0.2, 0.25) is 10.0 Å². The Morgan fingerprint density at radius 3 is 2.71 bits per heavy atom. The molecule has 2 aromatic rings. The minimum atomic E-state index is 0.527. The number of hydrogen-bond donors (Lipinski definition) is 1. The van der Waals surface area contributed by atoms with Crippen LogP contribution in [0.5, 0.6) is 0 Å². The summed E-state index contributed by atoms with van der Waals surface area (Å²) in [5, 5.41) is 1.06. The van der Waals surface area contributed by atoms with E-state index in [2.05, 4.69) is 14.9 Å². The smallest absolute Gasteiger partial charge is 0.136 e. The van der Waals surface area contributed by atoms with Crippen molar-refractivity contribution >= 4 is 62.5 Å². The van der Waals surface area contributed by atoms with Gasteiger partial charge in [0.25, 0.3) is 0 Å². The minimum Gasteiger partial charge on any atom is -0.358 e. The van der Waals surface area contributed by atoms with Gasteiger partial charge in [-0.05, 0) is 31.4 Å². The molecular formula is C14H15Cl2N3S2. The van der Waals surface area contributed by atoms with Crippen molar-refractivity contribution in [3.8, 4) is 0 Å². The van der Waals surface area contributed by atoms with E-state index in [1.54, 1.807) is 17.8 Å². The molecule has 1 fully saturated rings. The molecule has 0 atom stereocenters. The number of H-pyrrole nitrogens is 1. The number of hydrogen-bond acceptors (Lipinski definition) is 3. The van der Waals surface area contributed by atoms with Gasteiger partial charge in [0, 0.05) is 13.1 Å². The number of imidazole rings is 1. The Balaban J connectivity index is 1.66. The Morgan fingerprint density at radius 1 is 1.24 bits per heavy atom. The third-order valence-electron chi connectivity index (χ3n) is 3.52. The van der Waals surface area contributed by atoms with Gasteiger partial charge in [0.1, 0.15) is 10.1 Å².